The highest BCUT2D eigenvalue weighted by molar-refractivity contribution is 9.10. The highest BCUT2D eigenvalue weighted by Crippen LogP contribution is 2.20. The van der Waals surface area contributed by atoms with Crippen LogP contribution in [0.3, 0.4) is 0 Å². The van der Waals surface area contributed by atoms with E-state index in [4.69, 9.17) is 4.74 Å². The maximum absolute atomic E-state index is 13.2. The normalized spacial score (nSPS) is 10.2. The highest BCUT2D eigenvalue weighted by atomic mass is 79.9. The minimum atomic E-state index is -0.311. The Hall–Kier alpha value is -1.49. The van der Waals surface area contributed by atoms with Crippen molar-refractivity contribution < 1.29 is 9.13 Å². The molecule has 0 amide bonds. The Balaban J connectivity index is 2.20. The van der Waals surface area contributed by atoms with Crippen LogP contribution in [-0.2, 0) is 0 Å². The second-order valence-corrected chi connectivity index (χ2v) is 4.11. The molecule has 0 unspecified atom stereocenters. The molecule has 1 aromatic heterocycles. The van der Waals surface area contributed by atoms with E-state index in [0.717, 1.165) is 4.47 Å². The van der Waals surface area contributed by atoms with Crippen LogP contribution in [0, 0.1) is 12.7 Å². The smallest absolute Gasteiger partial charge is 0.321 e. The van der Waals surface area contributed by atoms with Crippen molar-refractivity contribution in [2.24, 2.45) is 0 Å². The van der Waals surface area contributed by atoms with Crippen LogP contribution >= 0.6 is 15.9 Å². The van der Waals surface area contributed by atoms with Crippen LogP contribution in [0.15, 0.2) is 35.1 Å². The SMILES string of the molecule is Cc1ccc(Oc2ncc(Br)cn2)cc1F. The number of halogens is 2. The number of hydrogen-bond donors (Lipinski definition) is 0. The fourth-order valence-electron chi connectivity index (χ4n) is 1.10. The number of nitrogens with zero attached hydrogens (tertiary/aromatic N) is 2. The van der Waals surface area contributed by atoms with Crippen molar-refractivity contribution in [3.63, 3.8) is 0 Å². The summed E-state index contributed by atoms with van der Waals surface area (Å²) in [6, 6.07) is 4.81. The second-order valence-electron chi connectivity index (χ2n) is 3.20. The molecule has 82 valence electrons. The van der Waals surface area contributed by atoms with E-state index in [0.29, 0.717) is 11.3 Å². The average Bonchev–Trinajstić information content (AvgIpc) is 2.27. The van der Waals surface area contributed by atoms with Crippen molar-refractivity contribution in [2.45, 2.75) is 6.92 Å². The largest absolute Gasteiger partial charge is 0.424 e. The maximum Gasteiger partial charge on any atom is 0.321 e. The van der Waals surface area contributed by atoms with E-state index < -0.39 is 0 Å². The quantitative estimate of drug-likeness (QED) is 0.846. The molecular formula is C11H8BrFN2O. The van der Waals surface area contributed by atoms with E-state index in [2.05, 4.69) is 25.9 Å². The van der Waals surface area contributed by atoms with Crippen molar-refractivity contribution in [1.29, 1.82) is 0 Å². The number of aromatic nitrogens is 2. The van der Waals surface area contributed by atoms with Gasteiger partial charge in [-0.3, -0.25) is 0 Å². The van der Waals surface area contributed by atoms with Gasteiger partial charge in [0.05, 0.1) is 4.47 Å². The fraction of sp³-hybridized carbons (Fsp3) is 0.0909. The highest BCUT2D eigenvalue weighted by Gasteiger charge is 2.03. The Kier molecular flexibility index (Phi) is 3.14. The lowest BCUT2D eigenvalue weighted by Crippen LogP contribution is -1.92. The monoisotopic (exact) mass is 282 g/mol. The third kappa shape index (κ3) is 2.55. The van der Waals surface area contributed by atoms with Crippen molar-refractivity contribution >= 4 is 15.9 Å². The van der Waals surface area contributed by atoms with Gasteiger partial charge in [-0.15, -0.1) is 0 Å². The van der Waals surface area contributed by atoms with Gasteiger partial charge in [-0.2, -0.15) is 0 Å². The summed E-state index contributed by atoms with van der Waals surface area (Å²) in [5, 5.41) is 0. The molecule has 2 rings (SSSR count). The molecule has 2 aromatic rings. The van der Waals surface area contributed by atoms with Gasteiger partial charge in [0, 0.05) is 18.5 Å². The number of rotatable bonds is 2. The van der Waals surface area contributed by atoms with Gasteiger partial charge < -0.3 is 4.74 Å². The lowest BCUT2D eigenvalue weighted by Gasteiger charge is -2.04. The summed E-state index contributed by atoms with van der Waals surface area (Å²) >= 11 is 3.21. The predicted molar refractivity (Wildman–Crippen MR) is 60.9 cm³/mol. The third-order valence-electron chi connectivity index (χ3n) is 1.95. The minimum absolute atomic E-state index is 0.187. The first-order valence-corrected chi connectivity index (χ1v) is 5.36. The molecule has 0 spiro atoms. The molecule has 0 aliphatic rings. The van der Waals surface area contributed by atoms with E-state index in [1.54, 1.807) is 31.5 Å². The number of aryl methyl sites for hydroxylation is 1. The third-order valence-corrected chi connectivity index (χ3v) is 2.36. The lowest BCUT2D eigenvalue weighted by molar-refractivity contribution is 0.437. The molecule has 16 heavy (non-hydrogen) atoms. The van der Waals surface area contributed by atoms with E-state index in [1.165, 1.54) is 6.07 Å². The summed E-state index contributed by atoms with van der Waals surface area (Å²) in [6.07, 6.45) is 3.12. The van der Waals surface area contributed by atoms with Gasteiger partial charge in [0.2, 0.25) is 0 Å². The zero-order valence-electron chi connectivity index (χ0n) is 8.45. The molecule has 1 aromatic carbocycles. The molecule has 0 radical (unpaired) electrons. The zero-order chi connectivity index (χ0) is 11.5. The Morgan fingerprint density at radius 2 is 1.94 bits per heavy atom. The standard InChI is InChI=1S/C11H8BrFN2O/c1-7-2-3-9(4-10(7)13)16-11-14-5-8(12)6-15-11/h2-6H,1H3. The van der Waals surface area contributed by atoms with E-state index in [1.807, 2.05) is 0 Å². The zero-order valence-corrected chi connectivity index (χ0v) is 10.0. The average molecular weight is 283 g/mol. The summed E-state index contributed by atoms with van der Waals surface area (Å²) in [5.41, 5.74) is 0.573. The summed E-state index contributed by atoms with van der Waals surface area (Å²) in [5.74, 6) is 0.0695. The Bertz CT molecular complexity index is 502. The van der Waals surface area contributed by atoms with Crippen molar-refractivity contribution in [3.05, 3.63) is 46.4 Å². The van der Waals surface area contributed by atoms with E-state index in [9.17, 15) is 4.39 Å². The first-order chi connectivity index (χ1) is 7.65. The Morgan fingerprint density at radius 1 is 1.25 bits per heavy atom. The predicted octanol–water partition coefficient (Wildman–Crippen LogP) is 3.48. The topological polar surface area (TPSA) is 35.0 Å². The van der Waals surface area contributed by atoms with Gasteiger partial charge in [-0.25, -0.2) is 14.4 Å². The van der Waals surface area contributed by atoms with Crippen LogP contribution in [0.25, 0.3) is 0 Å². The van der Waals surface area contributed by atoms with Crippen LogP contribution in [0.5, 0.6) is 11.8 Å². The molecule has 0 atom stereocenters. The number of benzene rings is 1. The molecule has 0 saturated heterocycles. The molecular weight excluding hydrogens is 275 g/mol. The molecule has 0 saturated carbocycles. The molecule has 0 fully saturated rings. The second kappa shape index (κ2) is 4.57. The summed E-state index contributed by atoms with van der Waals surface area (Å²) < 4.78 is 19.3. The van der Waals surface area contributed by atoms with Crippen molar-refractivity contribution in [3.8, 4) is 11.8 Å². The van der Waals surface area contributed by atoms with Crippen LogP contribution in [-0.4, -0.2) is 9.97 Å². The minimum Gasteiger partial charge on any atom is -0.424 e. The van der Waals surface area contributed by atoms with Gasteiger partial charge in [0.25, 0.3) is 0 Å². The number of ether oxygens (including phenoxy) is 1. The van der Waals surface area contributed by atoms with Crippen LogP contribution in [0.4, 0.5) is 4.39 Å². The van der Waals surface area contributed by atoms with Gasteiger partial charge in [-0.05, 0) is 34.5 Å². The van der Waals surface area contributed by atoms with E-state index in [-0.39, 0.29) is 11.8 Å². The van der Waals surface area contributed by atoms with Gasteiger partial charge in [-0.1, -0.05) is 6.07 Å². The summed E-state index contributed by atoms with van der Waals surface area (Å²) in [4.78, 5) is 7.85. The van der Waals surface area contributed by atoms with Crippen molar-refractivity contribution in [2.75, 3.05) is 0 Å². The number of hydrogen-bond acceptors (Lipinski definition) is 3. The molecule has 0 bridgehead atoms. The first-order valence-electron chi connectivity index (χ1n) is 4.57. The first kappa shape index (κ1) is 11.0. The summed E-state index contributed by atoms with van der Waals surface area (Å²) in [6.45, 7) is 1.69. The molecule has 0 N–H and O–H groups in total. The maximum atomic E-state index is 13.2. The molecule has 3 nitrogen and oxygen atoms in total. The molecule has 5 heteroatoms. The fourth-order valence-corrected chi connectivity index (χ4v) is 1.30. The van der Waals surface area contributed by atoms with E-state index >= 15 is 0 Å². The molecule has 1 heterocycles. The lowest BCUT2D eigenvalue weighted by atomic mass is 10.2. The van der Waals surface area contributed by atoms with Gasteiger partial charge >= 0.3 is 6.01 Å². The van der Waals surface area contributed by atoms with Crippen molar-refractivity contribution in [1.82, 2.24) is 9.97 Å². The Morgan fingerprint density at radius 3 is 2.56 bits per heavy atom. The molecule has 0 aliphatic carbocycles. The van der Waals surface area contributed by atoms with Crippen LogP contribution in [0.1, 0.15) is 5.56 Å². The Labute approximate surface area is 100 Å². The van der Waals surface area contributed by atoms with Crippen LogP contribution < -0.4 is 4.74 Å². The molecule has 0 aliphatic heterocycles. The summed E-state index contributed by atoms with van der Waals surface area (Å²) in [7, 11) is 0. The van der Waals surface area contributed by atoms with Gasteiger partial charge in [0.1, 0.15) is 11.6 Å². The van der Waals surface area contributed by atoms with Gasteiger partial charge in [0.15, 0.2) is 0 Å². The van der Waals surface area contributed by atoms with Crippen LogP contribution in [0.2, 0.25) is 0 Å².